The van der Waals surface area contributed by atoms with Crippen molar-refractivity contribution in [3.63, 3.8) is 0 Å². The molecule has 1 fully saturated rings. The van der Waals surface area contributed by atoms with Gasteiger partial charge in [-0.05, 0) is 30.1 Å². The minimum absolute atomic E-state index is 0.0142. The smallest absolute Gasteiger partial charge is 0.264 e. The third-order valence-corrected chi connectivity index (χ3v) is 7.56. The van der Waals surface area contributed by atoms with E-state index in [0.717, 1.165) is 19.1 Å². The molecule has 0 radical (unpaired) electrons. The topological polar surface area (TPSA) is 72.8 Å². The number of hydrogen-bond donors (Lipinski definition) is 1. The molecular weight excluding hydrogens is 388 g/mol. The van der Waals surface area contributed by atoms with Crippen LogP contribution in [0.5, 0.6) is 0 Å². The van der Waals surface area contributed by atoms with Gasteiger partial charge in [0.05, 0.1) is 18.5 Å². The van der Waals surface area contributed by atoms with Crippen molar-refractivity contribution in [2.45, 2.75) is 111 Å². The molecule has 1 aliphatic carbocycles. The zero-order valence-electron chi connectivity index (χ0n) is 19.7. The molecule has 0 aromatic carbocycles. The van der Waals surface area contributed by atoms with Gasteiger partial charge in [-0.2, -0.15) is 8.42 Å². The molecule has 1 aliphatic rings. The van der Waals surface area contributed by atoms with Gasteiger partial charge in [0.2, 0.25) is 0 Å². The first-order chi connectivity index (χ1) is 13.4. The Bertz CT molecular complexity index is 550. The van der Waals surface area contributed by atoms with Crippen molar-refractivity contribution in [2.24, 2.45) is 16.7 Å². The molecule has 6 heteroatoms. The van der Waals surface area contributed by atoms with E-state index in [1.54, 1.807) is 0 Å². The average molecular weight is 435 g/mol. The van der Waals surface area contributed by atoms with Crippen LogP contribution in [0.15, 0.2) is 0 Å². The summed E-state index contributed by atoms with van der Waals surface area (Å²) in [5.41, 5.74) is 0.751. The van der Waals surface area contributed by atoms with E-state index < -0.39 is 10.1 Å². The summed E-state index contributed by atoms with van der Waals surface area (Å²) in [4.78, 5) is 0. The molecule has 0 unspecified atom stereocenters. The molecule has 0 heterocycles. The van der Waals surface area contributed by atoms with Crippen LogP contribution in [-0.2, 0) is 19.0 Å². The van der Waals surface area contributed by atoms with Gasteiger partial charge in [0.1, 0.15) is 0 Å². The average Bonchev–Trinajstić information content (AvgIpc) is 2.95. The van der Waals surface area contributed by atoms with Crippen LogP contribution < -0.4 is 0 Å². The summed E-state index contributed by atoms with van der Waals surface area (Å²) >= 11 is 0. The molecule has 29 heavy (non-hydrogen) atoms. The molecule has 1 N–H and O–H groups in total. The Morgan fingerprint density at radius 2 is 1.45 bits per heavy atom. The zero-order chi connectivity index (χ0) is 22.1. The summed E-state index contributed by atoms with van der Waals surface area (Å²) in [5, 5.41) is 9.51. The second-order valence-electron chi connectivity index (χ2n) is 10.6. The Balaban J connectivity index is 2.07. The summed E-state index contributed by atoms with van der Waals surface area (Å²) in [6.07, 6.45) is 11.6. The van der Waals surface area contributed by atoms with Gasteiger partial charge >= 0.3 is 0 Å². The van der Waals surface area contributed by atoms with E-state index in [1.165, 1.54) is 38.5 Å². The van der Waals surface area contributed by atoms with E-state index in [2.05, 4.69) is 34.6 Å². The van der Waals surface area contributed by atoms with Crippen molar-refractivity contribution in [3.8, 4) is 0 Å². The predicted molar refractivity (Wildman–Crippen MR) is 119 cm³/mol. The van der Waals surface area contributed by atoms with Gasteiger partial charge in [-0.25, -0.2) is 0 Å². The van der Waals surface area contributed by atoms with Crippen LogP contribution in [0.25, 0.3) is 0 Å². The largest absolute Gasteiger partial charge is 0.396 e. The lowest BCUT2D eigenvalue weighted by Gasteiger charge is -2.39. The van der Waals surface area contributed by atoms with Crippen LogP contribution >= 0.6 is 0 Å². The second-order valence-corrected chi connectivity index (χ2v) is 12.2. The Morgan fingerprint density at radius 3 is 1.97 bits per heavy atom. The fourth-order valence-corrected chi connectivity index (χ4v) is 4.57. The molecule has 174 valence electrons. The fourth-order valence-electron chi connectivity index (χ4n) is 3.92. The summed E-state index contributed by atoms with van der Waals surface area (Å²) < 4.78 is 33.6. The summed E-state index contributed by atoms with van der Waals surface area (Å²) in [7, 11) is -3.46. The van der Waals surface area contributed by atoms with Crippen LogP contribution in [0.2, 0.25) is 0 Å². The minimum atomic E-state index is -3.46. The lowest BCUT2D eigenvalue weighted by Crippen LogP contribution is -2.29. The van der Waals surface area contributed by atoms with Crippen molar-refractivity contribution in [2.75, 3.05) is 19.5 Å². The third kappa shape index (κ3) is 10.6. The second kappa shape index (κ2) is 12.0. The minimum Gasteiger partial charge on any atom is -0.396 e. The van der Waals surface area contributed by atoms with Gasteiger partial charge in [-0.1, -0.05) is 73.1 Å². The van der Waals surface area contributed by atoms with Crippen molar-refractivity contribution < 1.29 is 22.4 Å². The number of aliphatic hydroxyl groups is 1. The highest BCUT2D eigenvalue weighted by Gasteiger charge is 2.36. The molecule has 3 atom stereocenters. The number of aliphatic hydroxyl groups excluding tert-OH is 1. The predicted octanol–water partition coefficient (Wildman–Crippen LogP) is 5.31. The van der Waals surface area contributed by atoms with E-state index in [-0.39, 0.29) is 24.7 Å². The maximum absolute atomic E-state index is 11.3. The maximum atomic E-state index is 11.3. The number of unbranched alkanes of at least 4 members (excludes halogenated alkanes) is 6. The number of hydrogen-bond acceptors (Lipinski definition) is 5. The quantitative estimate of drug-likeness (QED) is 0.296. The molecular formula is C23H46O5S. The molecule has 5 nitrogen and oxygen atoms in total. The van der Waals surface area contributed by atoms with Gasteiger partial charge in [-0.15, -0.1) is 0 Å². The highest BCUT2D eigenvalue weighted by Crippen LogP contribution is 2.42. The molecule has 0 amide bonds. The maximum Gasteiger partial charge on any atom is 0.264 e. The molecule has 0 aromatic heterocycles. The Kier molecular flexibility index (Phi) is 11.1. The lowest BCUT2D eigenvalue weighted by atomic mass is 9.67. The van der Waals surface area contributed by atoms with Crippen LogP contribution in [0.4, 0.5) is 0 Å². The summed E-state index contributed by atoms with van der Waals surface area (Å²) in [6, 6.07) is 0. The fraction of sp³-hybridized carbons (Fsp3) is 1.00. The molecule has 0 bridgehead atoms. The van der Waals surface area contributed by atoms with Gasteiger partial charge in [-0.3, -0.25) is 4.18 Å². The van der Waals surface area contributed by atoms with E-state index in [1.807, 2.05) is 0 Å². The molecule has 0 saturated heterocycles. The lowest BCUT2D eigenvalue weighted by molar-refractivity contribution is 0.00711. The molecule has 1 rings (SSSR count). The van der Waals surface area contributed by atoms with Gasteiger partial charge in [0.25, 0.3) is 10.1 Å². The number of ether oxygens (including phenoxy) is 1. The van der Waals surface area contributed by atoms with E-state index in [9.17, 15) is 13.5 Å². The van der Waals surface area contributed by atoms with Crippen molar-refractivity contribution in [1.29, 1.82) is 0 Å². The van der Waals surface area contributed by atoms with E-state index in [0.29, 0.717) is 30.3 Å². The Hall–Kier alpha value is -0.170. The van der Waals surface area contributed by atoms with Crippen LogP contribution in [0.3, 0.4) is 0 Å². The normalized spacial score (nSPS) is 23.6. The molecule has 1 saturated carbocycles. The molecule has 0 aliphatic heterocycles. The first-order valence-corrected chi connectivity index (χ1v) is 13.3. The van der Waals surface area contributed by atoms with E-state index >= 15 is 0 Å². The Morgan fingerprint density at radius 1 is 0.897 bits per heavy atom. The first kappa shape index (κ1) is 26.9. The summed E-state index contributed by atoms with van der Waals surface area (Å²) in [5.74, 6) is -0.0286. The van der Waals surface area contributed by atoms with Crippen LogP contribution in [0, 0.1) is 16.7 Å². The summed E-state index contributed by atoms with van der Waals surface area (Å²) in [6.45, 7) is 12.5. The monoisotopic (exact) mass is 434 g/mol. The standard InChI is InChI=1S/C23H46O5S/c1-22(2,3)23(4,5)14-12-10-8-7-9-11-13-15-27-21-17-20(16-19(21)18-24)28-29(6,25)26/h19-21,24H,7-18H2,1-6H3/t19-,20-,21-/m0/s1. The van der Waals surface area contributed by atoms with E-state index in [4.69, 9.17) is 8.92 Å². The SMILES string of the molecule is CC(C)(C)C(C)(C)CCCCCCCCCO[C@H]1C[C@@H](OS(C)(=O)=O)C[C@H]1CO. The molecule has 0 aromatic rings. The Labute approximate surface area is 180 Å². The third-order valence-electron chi connectivity index (χ3n) is 6.94. The van der Waals surface area contributed by atoms with Crippen molar-refractivity contribution in [1.82, 2.24) is 0 Å². The zero-order valence-corrected chi connectivity index (χ0v) is 20.5. The van der Waals surface area contributed by atoms with Crippen LogP contribution in [0.1, 0.15) is 98.8 Å². The highest BCUT2D eigenvalue weighted by atomic mass is 32.2. The van der Waals surface area contributed by atoms with Gasteiger partial charge < -0.3 is 9.84 Å². The first-order valence-electron chi connectivity index (χ1n) is 11.5. The number of rotatable bonds is 14. The van der Waals surface area contributed by atoms with Gasteiger partial charge in [0.15, 0.2) is 0 Å². The van der Waals surface area contributed by atoms with Gasteiger partial charge in [0, 0.05) is 25.6 Å². The van der Waals surface area contributed by atoms with Crippen molar-refractivity contribution in [3.05, 3.63) is 0 Å². The highest BCUT2D eigenvalue weighted by molar-refractivity contribution is 7.86. The van der Waals surface area contributed by atoms with Crippen molar-refractivity contribution >= 4 is 10.1 Å². The van der Waals surface area contributed by atoms with Crippen LogP contribution in [-0.4, -0.2) is 45.2 Å². The molecule has 0 spiro atoms.